The van der Waals surface area contributed by atoms with Crippen LogP contribution in [0.3, 0.4) is 0 Å². The zero-order valence-corrected chi connectivity index (χ0v) is 14.8. The first-order valence-electron chi connectivity index (χ1n) is 7.29. The molecule has 0 radical (unpaired) electrons. The third-order valence-corrected chi connectivity index (χ3v) is 4.10. The van der Waals surface area contributed by atoms with E-state index >= 15 is 0 Å². The van der Waals surface area contributed by atoms with Crippen molar-refractivity contribution in [3.8, 4) is 0 Å². The lowest BCUT2D eigenvalue weighted by Crippen LogP contribution is -2.24. The minimum absolute atomic E-state index is 0.181. The number of ether oxygens (including phenoxy) is 1. The van der Waals surface area contributed by atoms with Gasteiger partial charge in [-0.3, -0.25) is 9.59 Å². The summed E-state index contributed by atoms with van der Waals surface area (Å²) in [6, 6.07) is 6.94. The van der Waals surface area contributed by atoms with Crippen molar-refractivity contribution in [1.29, 1.82) is 0 Å². The molecule has 0 spiro atoms. The van der Waals surface area contributed by atoms with Crippen LogP contribution < -0.4 is 0 Å². The smallest absolute Gasteiger partial charge is 0.306 e. The number of aromatic nitrogens is 1. The van der Waals surface area contributed by atoms with Gasteiger partial charge in [0.05, 0.1) is 5.69 Å². The van der Waals surface area contributed by atoms with Crippen molar-refractivity contribution in [3.63, 3.8) is 0 Å². The highest BCUT2D eigenvalue weighted by Crippen LogP contribution is 2.16. The maximum absolute atomic E-state index is 12.2. The van der Waals surface area contributed by atoms with Gasteiger partial charge in [-0.1, -0.05) is 33.2 Å². The van der Waals surface area contributed by atoms with Gasteiger partial charge in [0.15, 0.2) is 6.10 Å². The molecule has 0 saturated heterocycles. The number of nitrogens with zero attached hydrogens (tertiary/aromatic N) is 1. The summed E-state index contributed by atoms with van der Waals surface area (Å²) in [4.78, 5) is 24.1. The first kappa shape index (κ1) is 17.4. The average Bonchev–Trinajstić information content (AvgIpc) is 2.84. The number of carbonyl (C=O) groups is 2. The average molecular weight is 380 g/mol. The third kappa shape index (κ3) is 4.51. The molecule has 0 aliphatic carbocycles. The molecule has 5 nitrogen and oxygen atoms in total. The number of benzene rings is 1. The number of halogens is 1. The van der Waals surface area contributed by atoms with E-state index in [0.29, 0.717) is 17.7 Å². The van der Waals surface area contributed by atoms with Gasteiger partial charge in [0, 0.05) is 22.0 Å². The zero-order chi connectivity index (χ0) is 17.0. The number of aryl methyl sites for hydroxylation is 2. The third-order valence-electron chi connectivity index (χ3n) is 3.57. The van der Waals surface area contributed by atoms with Gasteiger partial charge in [0.25, 0.3) is 0 Å². The normalized spacial score (nSPS) is 12.0. The Morgan fingerprint density at radius 2 is 1.91 bits per heavy atom. The maximum Gasteiger partial charge on any atom is 0.306 e. The number of hydrogen-bond acceptors (Lipinski definition) is 5. The van der Waals surface area contributed by atoms with Crippen LogP contribution in [0, 0.1) is 13.8 Å². The molecule has 0 N–H and O–H groups in total. The molecule has 1 aromatic heterocycles. The number of esters is 1. The van der Waals surface area contributed by atoms with Gasteiger partial charge >= 0.3 is 5.97 Å². The predicted octanol–water partition coefficient (Wildman–Crippen LogP) is 3.80. The molecule has 1 aromatic carbocycles. The number of ketones is 1. The fourth-order valence-electron chi connectivity index (χ4n) is 2.24. The summed E-state index contributed by atoms with van der Waals surface area (Å²) >= 11 is 3.31. The van der Waals surface area contributed by atoms with Gasteiger partial charge in [0.1, 0.15) is 5.76 Å². The summed E-state index contributed by atoms with van der Waals surface area (Å²) in [7, 11) is 0. The highest BCUT2D eigenvalue weighted by molar-refractivity contribution is 9.10. The van der Waals surface area contributed by atoms with E-state index in [2.05, 4.69) is 21.1 Å². The molecule has 122 valence electrons. The molecule has 0 bridgehead atoms. The van der Waals surface area contributed by atoms with Crippen LogP contribution in [-0.4, -0.2) is 23.0 Å². The molecule has 0 aliphatic heterocycles. The molecule has 0 amide bonds. The van der Waals surface area contributed by atoms with E-state index in [4.69, 9.17) is 9.26 Å². The van der Waals surface area contributed by atoms with Gasteiger partial charge < -0.3 is 9.26 Å². The van der Waals surface area contributed by atoms with E-state index in [1.807, 2.05) is 6.92 Å². The minimum Gasteiger partial charge on any atom is -0.454 e. The van der Waals surface area contributed by atoms with Crippen LogP contribution in [0.1, 0.15) is 40.7 Å². The molecular formula is C17H18BrNO4. The highest BCUT2D eigenvalue weighted by Gasteiger charge is 2.20. The molecule has 0 saturated carbocycles. The van der Waals surface area contributed by atoms with E-state index < -0.39 is 12.1 Å². The Hall–Kier alpha value is -1.95. The molecule has 6 heteroatoms. The van der Waals surface area contributed by atoms with Crippen molar-refractivity contribution < 1.29 is 18.8 Å². The van der Waals surface area contributed by atoms with Gasteiger partial charge in [0.2, 0.25) is 5.78 Å². The molecular weight excluding hydrogens is 362 g/mol. The fourth-order valence-corrected chi connectivity index (χ4v) is 2.51. The SMILES string of the molecule is Cc1noc(C)c1CCC(=O)O[C@@H](C)C(=O)c1ccc(Br)cc1. The Bertz CT molecular complexity index is 686. The summed E-state index contributed by atoms with van der Waals surface area (Å²) in [6.45, 7) is 5.22. The lowest BCUT2D eigenvalue weighted by molar-refractivity contribution is -0.146. The topological polar surface area (TPSA) is 69.4 Å². The van der Waals surface area contributed by atoms with Crippen LogP contribution in [0.5, 0.6) is 0 Å². The molecule has 2 aromatic rings. The Balaban J connectivity index is 1.89. The Morgan fingerprint density at radius 3 is 2.48 bits per heavy atom. The predicted molar refractivity (Wildman–Crippen MR) is 88.3 cm³/mol. The summed E-state index contributed by atoms with van der Waals surface area (Å²) in [5, 5.41) is 3.84. The number of Topliss-reactive ketones (excluding diaryl/α,β-unsaturated/α-hetero) is 1. The van der Waals surface area contributed by atoms with Crippen LogP contribution >= 0.6 is 15.9 Å². The standard InChI is InChI=1S/C17H18BrNO4/c1-10-15(11(2)23-19-10)8-9-16(20)22-12(3)17(21)13-4-6-14(18)7-5-13/h4-7,12H,8-9H2,1-3H3/t12-/m0/s1. The molecule has 0 unspecified atom stereocenters. The van der Waals surface area contributed by atoms with E-state index in [0.717, 1.165) is 15.7 Å². The van der Waals surface area contributed by atoms with Gasteiger partial charge in [-0.15, -0.1) is 0 Å². The van der Waals surface area contributed by atoms with Gasteiger partial charge in [-0.2, -0.15) is 0 Å². The quantitative estimate of drug-likeness (QED) is 0.563. The van der Waals surface area contributed by atoms with E-state index in [1.165, 1.54) is 0 Å². The van der Waals surface area contributed by atoms with Crippen LogP contribution in [-0.2, 0) is 16.0 Å². The number of hydrogen-bond donors (Lipinski definition) is 0. The van der Waals surface area contributed by atoms with Gasteiger partial charge in [-0.05, 0) is 39.3 Å². The second kappa shape index (κ2) is 7.55. The molecule has 1 heterocycles. The van der Waals surface area contributed by atoms with Crippen molar-refractivity contribution in [3.05, 3.63) is 51.3 Å². The van der Waals surface area contributed by atoms with Crippen LogP contribution in [0.2, 0.25) is 0 Å². The van der Waals surface area contributed by atoms with Crippen molar-refractivity contribution in [1.82, 2.24) is 5.16 Å². The van der Waals surface area contributed by atoms with Crippen molar-refractivity contribution in [2.45, 2.75) is 39.7 Å². The largest absolute Gasteiger partial charge is 0.454 e. The maximum atomic E-state index is 12.2. The summed E-state index contributed by atoms with van der Waals surface area (Å²) < 4.78 is 11.2. The van der Waals surface area contributed by atoms with Crippen molar-refractivity contribution >= 4 is 27.7 Å². The molecule has 0 fully saturated rings. The minimum atomic E-state index is -0.812. The second-order valence-electron chi connectivity index (χ2n) is 5.31. The molecule has 0 aliphatic rings. The summed E-state index contributed by atoms with van der Waals surface area (Å²) in [5.74, 6) is 0.0698. The number of carbonyl (C=O) groups excluding carboxylic acids is 2. The zero-order valence-electron chi connectivity index (χ0n) is 13.3. The van der Waals surface area contributed by atoms with Crippen LogP contribution in [0.25, 0.3) is 0 Å². The highest BCUT2D eigenvalue weighted by atomic mass is 79.9. The molecule has 1 atom stereocenters. The summed E-state index contributed by atoms with van der Waals surface area (Å²) in [6.07, 6.45) is -0.145. The van der Waals surface area contributed by atoms with Gasteiger partial charge in [-0.25, -0.2) is 0 Å². The monoisotopic (exact) mass is 379 g/mol. The lowest BCUT2D eigenvalue weighted by atomic mass is 10.1. The van der Waals surface area contributed by atoms with E-state index in [9.17, 15) is 9.59 Å². The summed E-state index contributed by atoms with van der Waals surface area (Å²) in [5.41, 5.74) is 2.20. The number of rotatable bonds is 6. The van der Waals surface area contributed by atoms with Crippen molar-refractivity contribution in [2.75, 3.05) is 0 Å². The lowest BCUT2D eigenvalue weighted by Gasteiger charge is -2.12. The van der Waals surface area contributed by atoms with E-state index in [-0.39, 0.29) is 12.2 Å². The first-order valence-corrected chi connectivity index (χ1v) is 8.08. The Kier molecular flexibility index (Phi) is 5.71. The van der Waals surface area contributed by atoms with Crippen LogP contribution in [0.15, 0.2) is 33.3 Å². The van der Waals surface area contributed by atoms with Crippen molar-refractivity contribution in [2.24, 2.45) is 0 Å². The molecule has 23 heavy (non-hydrogen) atoms. The fraction of sp³-hybridized carbons (Fsp3) is 0.353. The van der Waals surface area contributed by atoms with Crippen LogP contribution in [0.4, 0.5) is 0 Å². The Morgan fingerprint density at radius 1 is 1.26 bits per heavy atom. The first-order chi connectivity index (χ1) is 10.9. The second-order valence-corrected chi connectivity index (χ2v) is 6.22. The van der Waals surface area contributed by atoms with E-state index in [1.54, 1.807) is 38.1 Å². The molecule has 2 rings (SSSR count). The Labute approximate surface area is 143 Å².